The number of halogens is 2. The first-order chi connectivity index (χ1) is 8.79. The van der Waals surface area contributed by atoms with Gasteiger partial charge in [0.15, 0.2) is 0 Å². The summed E-state index contributed by atoms with van der Waals surface area (Å²) in [7, 11) is 0. The highest BCUT2D eigenvalue weighted by molar-refractivity contribution is 6.30. The molecule has 18 heavy (non-hydrogen) atoms. The van der Waals surface area contributed by atoms with Gasteiger partial charge in [0.1, 0.15) is 5.65 Å². The van der Waals surface area contributed by atoms with Gasteiger partial charge in [0.2, 0.25) is 0 Å². The van der Waals surface area contributed by atoms with Gasteiger partial charge in [-0.3, -0.25) is 0 Å². The summed E-state index contributed by atoms with van der Waals surface area (Å²) < 4.78 is 1.97. The van der Waals surface area contributed by atoms with Gasteiger partial charge in [-0.2, -0.15) is 0 Å². The van der Waals surface area contributed by atoms with E-state index in [4.69, 9.17) is 23.2 Å². The zero-order chi connectivity index (χ0) is 12.5. The summed E-state index contributed by atoms with van der Waals surface area (Å²) in [6, 6.07) is 13.7. The van der Waals surface area contributed by atoms with Gasteiger partial charge in [-0.25, -0.2) is 4.98 Å². The lowest BCUT2D eigenvalue weighted by Gasteiger charge is -2.01. The van der Waals surface area contributed by atoms with Crippen LogP contribution >= 0.6 is 23.2 Å². The second-order valence-electron chi connectivity index (χ2n) is 3.98. The third-order valence-corrected chi connectivity index (χ3v) is 3.35. The number of pyridine rings is 1. The standard InChI is InChI=1S/C14H10Cl2N2/c15-9-12-14(10-4-2-1-3-5-10)17-13-8-11(16)6-7-18(12)13/h1-8H,9H2. The maximum Gasteiger partial charge on any atom is 0.139 e. The highest BCUT2D eigenvalue weighted by atomic mass is 35.5. The number of fused-ring (bicyclic) bond motifs is 1. The molecule has 1 aromatic carbocycles. The Balaban J connectivity index is 2.29. The molecule has 2 aromatic heterocycles. The second kappa shape index (κ2) is 4.63. The lowest BCUT2D eigenvalue weighted by atomic mass is 10.1. The molecular weight excluding hydrogens is 267 g/mol. The van der Waals surface area contributed by atoms with Gasteiger partial charge in [0.25, 0.3) is 0 Å². The smallest absolute Gasteiger partial charge is 0.139 e. The topological polar surface area (TPSA) is 17.3 Å². The maximum atomic E-state index is 6.05. The third kappa shape index (κ3) is 1.88. The number of rotatable bonds is 2. The third-order valence-electron chi connectivity index (χ3n) is 2.86. The van der Waals surface area contributed by atoms with Gasteiger partial charge < -0.3 is 4.40 Å². The molecular formula is C14H10Cl2N2. The number of aromatic nitrogens is 2. The summed E-state index contributed by atoms with van der Waals surface area (Å²) in [6.45, 7) is 0. The van der Waals surface area contributed by atoms with Crippen molar-refractivity contribution in [1.82, 2.24) is 9.38 Å². The van der Waals surface area contributed by atoms with E-state index in [9.17, 15) is 0 Å². The second-order valence-corrected chi connectivity index (χ2v) is 4.68. The van der Waals surface area contributed by atoms with Crippen LogP contribution in [-0.2, 0) is 5.88 Å². The average Bonchev–Trinajstić information content (AvgIpc) is 2.77. The Kier molecular flexibility index (Phi) is 2.98. The van der Waals surface area contributed by atoms with E-state index in [-0.39, 0.29) is 0 Å². The molecule has 0 unspecified atom stereocenters. The van der Waals surface area contributed by atoms with Gasteiger partial charge in [0, 0.05) is 22.8 Å². The van der Waals surface area contributed by atoms with Crippen molar-refractivity contribution in [2.45, 2.75) is 5.88 Å². The normalized spacial score (nSPS) is 11.0. The molecule has 4 heteroatoms. The summed E-state index contributed by atoms with van der Waals surface area (Å²) in [5.41, 5.74) is 3.77. The van der Waals surface area contributed by atoms with Crippen molar-refractivity contribution in [2.24, 2.45) is 0 Å². The van der Waals surface area contributed by atoms with Crippen LogP contribution in [-0.4, -0.2) is 9.38 Å². The van der Waals surface area contributed by atoms with Crippen molar-refractivity contribution in [3.05, 3.63) is 59.4 Å². The Bertz CT molecular complexity index is 690. The average molecular weight is 277 g/mol. The molecule has 3 aromatic rings. The summed E-state index contributed by atoms with van der Waals surface area (Å²) in [5, 5.41) is 0.674. The van der Waals surface area contributed by atoms with E-state index in [0.717, 1.165) is 22.6 Å². The van der Waals surface area contributed by atoms with E-state index in [1.807, 2.05) is 53.1 Å². The number of nitrogens with zero attached hydrogens (tertiary/aromatic N) is 2. The predicted octanol–water partition coefficient (Wildman–Crippen LogP) is 4.39. The summed E-state index contributed by atoms with van der Waals surface area (Å²) >= 11 is 12.0. The zero-order valence-electron chi connectivity index (χ0n) is 9.48. The molecule has 0 bridgehead atoms. The number of hydrogen-bond acceptors (Lipinski definition) is 1. The lowest BCUT2D eigenvalue weighted by Crippen LogP contribution is -1.90. The fourth-order valence-corrected chi connectivity index (χ4v) is 2.43. The molecule has 0 aliphatic rings. The van der Waals surface area contributed by atoms with Gasteiger partial charge in [-0.05, 0) is 6.07 Å². The molecule has 0 aliphatic carbocycles. The van der Waals surface area contributed by atoms with Crippen molar-refractivity contribution < 1.29 is 0 Å². The van der Waals surface area contributed by atoms with Crippen LogP contribution in [0.15, 0.2) is 48.7 Å². The van der Waals surface area contributed by atoms with Gasteiger partial charge in [-0.1, -0.05) is 41.9 Å². The molecule has 2 nitrogen and oxygen atoms in total. The minimum absolute atomic E-state index is 0.410. The first-order valence-corrected chi connectivity index (χ1v) is 6.48. The molecule has 0 saturated heterocycles. The zero-order valence-corrected chi connectivity index (χ0v) is 11.0. The molecule has 3 rings (SSSR count). The summed E-state index contributed by atoms with van der Waals surface area (Å²) in [6.07, 6.45) is 1.90. The first-order valence-electron chi connectivity index (χ1n) is 5.57. The lowest BCUT2D eigenvalue weighted by molar-refractivity contribution is 1.09. The maximum absolute atomic E-state index is 6.05. The van der Waals surface area contributed by atoms with Crippen molar-refractivity contribution in [3.8, 4) is 11.3 Å². The molecule has 0 amide bonds. The number of imidazole rings is 1. The Morgan fingerprint density at radius 2 is 1.89 bits per heavy atom. The predicted molar refractivity (Wildman–Crippen MR) is 75.2 cm³/mol. The van der Waals surface area contributed by atoms with E-state index < -0.39 is 0 Å². The molecule has 90 valence electrons. The summed E-state index contributed by atoms with van der Waals surface area (Å²) in [4.78, 5) is 4.61. The SMILES string of the molecule is ClCc1c(-c2ccccc2)nc2cc(Cl)ccn12. The Hall–Kier alpha value is -1.51. The fraction of sp³-hybridized carbons (Fsp3) is 0.0714. The molecule has 0 fully saturated rings. The largest absolute Gasteiger partial charge is 0.302 e. The van der Waals surface area contributed by atoms with Crippen LogP contribution in [0.2, 0.25) is 5.02 Å². The van der Waals surface area contributed by atoms with E-state index >= 15 is 0 Å². The van der Waals surface area contributed by atoms with Crippen molar-refractivity contribution in [3.63, 3.8) is 0 Å². The van der Waals surface area contributed by atoms with Crippen LogP contribution < -0.4 is 0 Å². The Morgan fingerprint density at radius 1 is 1.11 bits per heavy atom. The number of benzene rings is 1. The van der Waals surface area contributed by atoms with E-state index in [1.165, 1.54) is 0 Å². The quantitative estimate of drug-likeness (QED) is 0.635. The van der Waals surface area contributed by atoms with E-state index in [2.05, 4.69) is 4.98 Å². The molecule has 0 aliphatic heterocycles. The van der Waals surface area contributed by atoms with E-state index in [1.54, 1.807) is 0 Å². The minimum atomic E-state index is 0.410. The Morgan fingerprint density at radius 3 is 2.61 bits per heavy atom. The van der Waals surface area contributed by atoms with E-state index in [0.29, 0.717) is 10.9 Å². The molecule has 0 saturated carbocycles. The molecule has 0 N–H and O–H groups in total. The molecule has 0 radical (unpaired) electrons. The fourth-order valence-electron chi connectivity index (χ4n) is 2.03. The van der Waals surface area contributed by atoms with Crippen molar-refractivity contribution in [1.29, 1.82) is 0 Å². The highest BCUT2D eigenvalue weighted by Gasteiger charge is 2.12. The summed E-state index contributed by atoms with van der Waals surface area (Å²) in [5.74, 6) is 0.410. The first kappa shape index (κ1) is 11.6. The van der Waals surface area contributed by atoms with Crippen LogP contribution in [0.1, 0.15) is 5.69 Å². The van der Waals surface area contributed by atoms with Crippen LogP contribution in [0, 0.1) is 0 Å². The van der Waals surface area contributed by atoms with Crippen LogP contribution in [0.3, 0.4) is 0 Å². The molecule has 0 atom stereocenters. The van der Waals surface area contributed by atoms with Gasteiger partial charge in [0.05, 0.1) is 17.3 Å². The van der Waals surface area contributed by atoms with Gasteiger partial charge in [-0.15, -0.1) is 11.6 Å². The monoisotopic (exact) mass is 276 g/mol. The van der Waals surface area contributed by atoms with Crippen molar-refractivity contribution >= 4 is 28.8 Å². The van der Waals surface area contributed by atoms with Crippen LogP contribution in [0.25, 0.3) is 16.9 Å². The molecule has 2 heterocycles. The van der Waals surface area contributed by atoms with Crippen molar-refractivity contribution in [2.75, 3.05) is 0 Å². The van der Waals surface area contributed by atoms with Gasteiger partial charge >= 0.3 is 0 Å². The molecule has 0 spiro atoms. The van der Waals surface area contributed by atoms with Crippen LogP contribution in [0.5, 0.6) is 0 Å². The minimum Gasteiger partial charge on any atom is -0.302 e. The number of alkyl halides is 1. The Labute approximate surface area is 115 Å². The highest BCUT2D eigenvalue weighted by Crippen LogP contribution is 2.26. The number of hydrogen-bond donors (Lipinski definition) is 0. The van der Waals surface area contributed by atoms with Crippen LogP contribution in [0.4, 0.5) is 0 Å².